The van der Waals surface area contributed by atoms with E-state index in [-0.39, 0.29) is 11.9 Å². The van der Waals surface area contributed by atoms with E-state index < -0.39 is 0 Å². The molecule has 0 N–H and O–H groups in total. The van der Waals surface area contributed by atoms with Crippen LogP contribution in [-0.2, 0) is 0 Å². The normalized spacial score (nSPS) is 16.9. The Kier molecular flexibility index (Phi) is 3.71. The van der Waals surface area contributed by atoms with E-state index in [1.807, 2.05) is 23.1 Å². The molecule has 134 valence electrons. The average Bonchev–Trinajstić information content (AvgIpc) is 3.46. The van der Waals surface area contributed by atoms with Crippen LogP contribution in [0.25, 0.3) is 22.6 Å². The van der Waals surface area contributed by atoms with Gasteiger partial charge in [0.25, 0.3) is 5.91 Å². The Balaban J connectivity index is 1.51. The van der Waals surface area contributed by atoms with Gasteiger partial charge in [-0.05, 0) is 36.8 Å². The van der Waals surface area contributed by atoms with Gasteiger partial charge in [-0.2, -0.15) is 0 Å². The van der Waals surface area contributed by atoms with Gasteiger partial charge in [0, 0.05) is 31.7 Å². The zero-order chi connectivity index (χ0) is 18.2. The molecule has 4 aromatic heterocycles. The van der Waals surface area contributed by atoms with Crippen LogP contribution >= 0.6 is 0 Å². The zero-order valence-electron chi connectivity index (χ0n) is 14.5. The van der Waals surface area contributed by atoms with Gasteiger partial charge in [0.2, 0.25) is 0 Å². The van der Waals surface area contributed by atoms with Crippen molar-refractivity contribution in [2.24, 2.45) is 0 Å². The number of carbonyl (C=O) groups is 1. The van der Waals surface area contributed by atoms with Crippen LogP contribution in [0.5, 0.6) is 0 Å². The van der Waals surface area contributed by atoms with E-state index in [2.05, 4.69) is 14.5 Å². The van der Waals surface area contributed by atoms with Gasteiger partial charge in [0.15, 0.2) is 5.65 Å². The third kappa shape index (κ3) is 2.68. The molecule has 0 saturated carbocycles. The molecular formula is C20H17N5O2. The maximum Gasteiger partial charge on any atom is 0.255 e. The summed E-state index contributed by atoms with van der Waals surface area (Å²) in [6.45, 7) is 1.30. The quantitative estimate of drug-likeness (QED) is 0.561. The molecule has 27 heavy (non-hydrogen) atoms. The number of fused-ring (bicyclic) bond motifs is 1. The number of rotatable bonds is 3. The molecule has 0 bridgehead atoms. The minimum absolute atomic E-state index is 0.00726. The smallest absolute Gasteiger partial charge is 0.255 e. The number of imidazole rings is 1. The van der Waals surface area contributed by atoms with Gasteiger partial charge in [-0.3, -0.25) is 9.78 Å². The summed E-state index contributed by atoms with van der Waals surface area (Å²) in [5.74, 6) is 0.825. The van der Waals surface area contributed by atoms with Crippen molar-refractivity contribution in [1.82, 2.24) is 24.4 Å². The second kappa shape index (κ2) is 6.35. The molecule has 1 saturated heterocycles. The van der Waals surface area contributed by atoms with Crippen LogP contribution < -0.4 is 0 Å². The molecule has 5 rings (SSSR count). The molecule has 5 heterocycles. The highest BCUT2D eigenvalue weighted by molar-refractivity contribution is 5.94. The highest BCUT2D eigenvalue weighted by Crippen LogP contribution is 2.32. The average molecular weight is 359 g/mol. The first-order valence-corrected chi connectivity index (χ1v) is 8.86. The predicted molar refractivity (Wildman–Crippen MR) is 99.0 cm³/mol. The molecule has 0 aromatic carbocycles. The number of carbonyl (C=O) groups excluding carboxylic acids is 1. The van der Waals surface area contributed by atoms with Crippen LogP contribution in [0.1, 0.15) is 22.8 Å². The van der Waals surface area contributed by atoms with E-state index in [1.165, 1.54) is 0 Å². The Labute approximate surface area is 155 Å². The molecule has 0 spiro atoms. The van der Waals surface area contributed by atoms with Crippen LogP contribution in [0.15, 0.2) is 65.9 Å². The van der Waals surface area contributed by atoms with Crippen molar-refractivity contribution in [3.05, 3.63) is 67.0 Å². The summed E-state index contributed by atoms with van der Waals surface area (Å²) < 4.78 is 7.39. The SMILES string of the molecule is O=C(c1cccnc1)N1CCC(n2c(-c3ccoc3)nc3cccnc32)C1. The summed E-state index contributed by atoms with van der Waals surface area (Å²) in [7, 11) is 0. The lowest BCUT2D eigenvalue weighted by Gasteiger charge is -2.18. The van der Waals surface area contributed by atoms with Crippen molar-refractivity contribution in [2.45, 2.75) is 12.5 Å². The fraction of sp³-hybridized carbons (Fsp3) is 0.200. The topological polar surface area (TPSA) is 77.0 Å². The molecule has 4 aromatic rings. The van der Waals surface area contributed by atoms with Crippen molar-refractivity contribution in [3.63, 3.8) is 0 Å². The fourth-order valence-corrected chi connectivity index (χ4v) is 3.68. The number of likely N-dealkylation sites (tertiary alicyclic amines) is 1. The first-order chi connectivity index (χ1) is 13.3. The van der Waals surface area contributed by atoms with Crippen LogP contribution in [0.3, 0.4) is 0 Å². The van der Waals surface area contributed by atoms with E-state index in [1.54, 1.807) is 43.2 Å². The summed E-state index contributed by atoms with van der Waals surface area (Å²) in [4.78, 5) is 28.0. The van der Waals surface area contributed by atoms with Gasteiger partial charge in [-0.1, -0.05) is 0 Å². The zero-order valence-corrected chi connectivity index (χ0v) is 14.5. The summed E-state index contributed by atoms with van der Waals surface area (Å²) in [6.07, 6.45) is 9.22. The lowest BCUT2D eigenvalue weighted by molar-refractivity contribution is 0.0787. The molecule has 1 unspecified atom stereocenters. The third-order valence-corrected chi connectivity index (χ3v) is 4.95. The number of nitrogens with zero attached hydrogens (tertiary/aromatic N) is 5. The Morgan fingerprint density at radius 3 is 2.93 bits per heavy atom. The van der Waals surface area contributed by atoms with E-state index in [9.17, 15) is 4.79 Å². The minimum Gasteiger partial charge on any atom is -0.472 e. The number of aromatic nitrogens is 4. The van der Waals surface area contributed by atoms with Gasteiger partial charge in [0.1, 0.15) is 17.6 Å². The second-order valence-corrected chi connectivity index (χ2v) is 6.60. The highest BCUT2D eigenvalue weighted by atomic mass is 16.3. The molecule has 7 nitrogen and oxygen atoms in total. The molecular weight excluding hydrogens is 342 g/mol. The monoisotopic (exact) mass is 359 g/mol. The minimum atomic E-state index is 0.00726. The van der Waals surface area contributed by atoms with Crippen LogP contribution in [0.2, 0.25) is 0 Å². The second-order valence-electron chi connectivity index (χ2n) is 6.60. The number of hydrogen-bond acceptors (Lipinski definition) is 5. The van der Waals surface area contributed by atoms with Gasteiger partial charge in [0.05, 0.1) is 23.4 Å². The van der Waals surface area contributed by atoms with Crippen molar-refractivity contribution in [2.75, 3.05) is 13.1 Å². The van der Waals surface area contributed by atoms with Crippen molar-refractivity contribution in [1.29, 1.82) is 0 Å². The van der Waals surface area contributed by atoms with Crippen molar-refractivity contribution >= 4 is 17.1 Å². The molecule has 1 aliphatic rings. The standard InChI is InChI=1S/C20H17N5O2/c26-20(14-3-1-7-21-11-14)24-9-5-16(12-24)25-18(15-6-10-27-13-15)23-17-4-2-8-22-19(17)25/h1-4,6-8,10-11,13,16H,5,9,12H2. The molecule has 1 atom stereocenters. The summed E-state index contributed by atoms with van der Waals surface area (Å²) >= 11 is 0. The summed E-state index contributed by atoms with van der Waals surface area (Å²) in [5, 5.41) is 0. The molecule has 1 aliphatic heterocycles. The van der Waals surface area contributed by atoms with Crippen LogP contribution in [0.4, 0.5) is 0 Å². The van der Waals surface area contributed by atoms with Crippen LogP contribution in [-0.4, -0.2) is 43.4 Å². The van der Waals surface area contributed by atoms with E-state index in [0.717, 1.165) is 29.0 Å². The van der Waals surface area contributed by atoms with E-state index in [0.29, 0.717) is 18.7 Å². The maximum atomic E-state index is 12.8. The van der Waals surface area contributed by atoms with E-state index in [4.69, 9.17) is 9.40 Å². The first kappa shape index (κ1) is 15.7. The number of pyridine rings is 2. The summed E-state index contributed by atoms with van der Waals surface area (Å²) in [6, 6.07) is 9.42. The summed E-state index contributed by atoms with van der Waals surface area (Å²) in [5.41, 5.74) is 3.19. The molecule has 0 radical (unpaired) electrons. The van der Waals surface area contributed by atoms with E-state index >= 15 is 0 Å². The van der Waals surface area contributed by atoms with Gasteiger partial charge >= 0.3 is 0 Å². The third-order valence-electron chi connectivity index (χ3n) is 4.95. The molecule has 1 amide bonds. The first-order valence-electron chi connectivity index (χ1n) is 8.86. The number of hydrogen-bond donors (Lipinski definition) is 0. The Morgan fingerprint density at radius 2 is 2.11 bits per heavy atom. The van der Waals surface area contributed by atoms with Crippen LogP contribution in [0, 0.1) is 0 Å². The largest absolute Gasteiger partial charge is 0.472 e. The molecule has 1 fully saturated rings. The van der Waals surface area contributed by atoms with Gasteiger partial charge < -0.3 is 13.9 Å². The van der Waals surface area contributed by atoms with Crippen molar-refractivity contribution < 1.29 is 9.21 Å². The van der Waals surface area contributed by atoms with Gasteiger partial charge in [-0.15, -0.1) is 0 Å². The number of amides is 1. The van der Waals surface area contributed by atoms with Gasteiger partial charge in [-0.25, -0.2) is 9.97 Å². The lowest BCUT2D eigenvalue weighted by atomic mass is 10.2. The lowest BCUT2D eigenvalue weighted by Crippen LogP contribution is -2.29. The Hall–Kier alpha value is -3.48. The molecule has 7 heteroatoms. The Morgan fingerprint density at radius 1 is 1.19 bits per heavy atom. The van der Waals surface area contributed by atoms with Crippen molar-refractivity contribution in [3.8, 4) is 11.4 Å². The number of furan rings is 1. The highest BCUT2D eigenvalue weighted by Gasteiger charge is 2.31. The molecule has 0 aliphatic carbocycles. The Bertz CT molecular complexity index is 1090. The maximum absolute atomic E-state index is 12.8. The predicted octanol–water partition coefficient (Wildman–Crippen LogP) is 3.17. The fourth-order valence-electron chi connectivity index (χ4n) is 3.68.